The first-order chi connectivity index (χ1) is 28.5. The van der Waals surface area contributed by atoms with Crippen molar-refractivity contribution in [2.24, 2.45) is 46.3 Å². The van der Waals surface area contributed by atoms with E-state index in [-0.39, 0.29) is 11.5 Å². The van der Waals surface area contributed by atoms with Crippen LogP contribution in [0.3, 0.4) is 0 Å². The third kappa shape index (κ3) is 7.11. The normalized spacial score (nSPS) is 58.1. The molecule has 342 valence electrons. The first-order valence-electron chi connectivity index (χ1n) is 23.2. The van der Waals surface area contributed by atoms with Crippen LogP contribution >= 0.6 is 0 Å². The largest absolute Gasteiger partial charge is 0.394 e. The summed E-state index contributed by atoms with van der Waals surface area (Å²) in [5.74, 6) is 4.26. The van der Waals surface area contributed by atoms with E-state index in [1.807, 2.05) is 0 Å². The van der Waals surface area contributed by atoms with Gasteiger partial charge in [-0.15, -0.1) is 0 Å². The van der Waals surface area contributed by atoms with Crippen molar-refractivity contribution in [2.75, 3.05) is 13.2 Å². The molecule has 60 heavy (non-hydrogen) atoms. The zero-order chi connectivity index (χ0) is 42.7. The van der Waals surface area contributed by atoms with Gasteiger partial charge in [0.2, 0.25) is 0 Å². The number of nitrogens with zero attached hydrogens (tertiary/aromatic N) is 1. The third-order valence-electron chi connectivity index (χ3n) is 18.0. The summed E-state index contributed by atoms with van der Waals surface area (Å²) in [4.78, 5) is 2.95. The highest BCUT2D eigenvalue weighted by Crippen LogP contribution is 2.70. The molecule has 5 heterocycles. The summed E-state index contributed by atoms with van der Waals surface area (Å²) in [5.41, 5.74) is 1.80. The van der Waals surface area contributed by atoms with Crippen LogP contribution in [0.5, 0.6) is 0 Å². The Morgan fingerprint density at radius 3 is 1.98 bits per heavy atom. The monoisotopic (exact) mass is 852 g/mol. The van der Waals surface area contributed by atoms with E-state index < -0.39 is 98.7 Å². The van der Waals surface area contributed by atoms with Gasteiger partial charge in [-0.1, -0.05) is 39.3 Å². The second kappa shape index (κ2) is 16.5. The van der Waals surface area contributed by atoms with Gasteiger partial charge in [0.25, 0.3) is 0 Å². The van der Waals surface area contributed by atoms with Crippen molar-refractivity contribution in [3.05, 3.63) is 11.6 Å². The van der Waals surface area contributed by atoms with E-state index in [2.05, 4.69) is 38.7 Å². The molecule has 0 spiro atoms. The Morgan fingerprint density at radius 2 is 1.33 bits per heavy atom. The maximum absolute atomic E-state index is 12.0. The molecule has 5 saturated heterocycles. The van der Waals surface area contributed by atoms with Crippen LogP contribution in [0, 0.1) is 46.3 Å². The highest BCUT2D eigenvalue weighted by molar-refractivity contribution is 5.27. The van der Waals surface area contributed by atoms with Gasteiger partial charge in [0, 0.05) is 18.6 Å². The Balaban J connectivity index is 0.927. The molecule has 8 N–H and O–H groups in total. The summed E-state index contributed by atoms with van der Waals surface area (Å²) in [6, 6.07) is 1.45. The van der Waals surface area contributed by atoms with Gasteiger partial charge in [0.15, 0.2) is 18.9 Å². The van der Waals surface area contributed by atoms with Crippen molar-refractivity contribution < 1.29 is 69.3 Å². The maximum Gasteiger partial charge on any atom is 0.187 e. The minimum Gasteiger partial charge on any atom is -0.394 e. The Kier molecular flexibility index (Phi) is 12.2. The predicted octanol–water partition coefficient (Wildman–Crippen LogP) is 1.18. The van der Waals surface area contributed by atoms with E-state index in [4.69, 9.17) is 28.4 Å². The number of fused-ring (bicyclic) bond motifs is 9. The first-order valence-corrected chi connectivity index (χ1v) is 23.2. The van der Waals surface area contributed by atoms with E-state index in [0.717, 1.165) is 43.1 Å². The topological polar surface area (TPSA) is 220 Å². The quantitative estimate of drug-likeness (QED) is 0.169. The van der Waals surface area contributed by atoms with E-state index in [1.165, 1.54) is 58.1 Å². The van der Waals surface area contributed by atoms with Crippen LogP contribution in [-0.2, 0) is 28.4 Å². The summed E-state index contributed by atoms with van der Waals surface area (Å²) in [7, 11) is 0. The third-order valence-corrected chi connectivity index (χ3v) is 18.0. The van der Waals surface area contributed by atoms with Gasteiger partial charge in [-0.25, -0.2) is 0 Å². The Morgan fingerprint density at radius 1 is 0.683 bits per heavy atom. The second-order valence-corrected chi connectivity index (χ2v) is 21.2. The average Bonchev–Trinajstić information content (AvgIpc) is 3.69. The molecule has 3 saturated carbocycles. The van der Waals surface area contributed by atoms with Gasteiger partial charge >= 0.3 is 0 Å². The molecule has 26 atom stereocenters. The molecular formula is C45H73NO14. The lowest BCUT2D eigenvalue weighted by atomic mass is 9.47. The Labute approximate surface area is 354 Å². The minimum atomic E-state index is -1.70. The number of aliphatic hydroxyl groups is 8. The summed E-state index contributed by atoms with van der Waals surface area (Å²) >= 11 is 0. The minimum absolute atomic E-state index is 0.0360. The van der Waals surface area contributed by atoms with Gasteiger partial charge in [0.05, 0.1) is 24.9 Å². The molecule has 0 bridgehead atoms. The Hall–Kier alpha value is -0.860. The molecular weight excluding hydrogens is 778 g/mol. The van der Waals surface area contributed by atoms with E-state index in [0.29, 0.717) is 35.6 Å². The molecule has 15 heteroatoms. The SMILES string of the molecule is C[C@@H]1CC[C@H]2[C@H](C)[C@@H]3[C@@H](C[C@@H]4[C@H]5CC=C6C[C@H](O[C@H]7O[C@@H](CO)[C@@H](O[C@H]8O[C@H](C)[C@@H](O)[C@H](O)[C@@H]8O)[C@@H](O)[C@H]7O[C@H]7O[C@H](C)[C@H](O)[C@H](O)[C@@H]7O)CC[C@@]6(C)[C@@H]5CC[C@@]34C)N2C1. The van der Waals surface area contributed by atoms with Crippen LogP contribution < -0.4 is 0 Å². The van der Waals surface area contributed by atoms with Crippen LogP contribution in [0.25, 0.3) is 0 Å². The number of piperidine rings is 1. The number of rotatable bonds is 7. The van der Waals surface area contributed by atoms with Crippen molar-refractivity contribution in [2.45, 2.75) is 210 Å². The summed E-state index contributed by atoms with van der Waals surface area (Å²) < 4.78 is 36.7. The fourth-order valence-corrected chi connectivity index (χ4v) is 14.7. The number of hydrogen-bond acceptors (Lipinski definition) is 15. The zero-order valence-corrected chi connectivity index (χ0v) is 36.2. The molecule has 0 amide bonds. The average molecular weight is 852 g/mol. The van der Waals surface area contributed by atoms with Crippen molar-refractivity contribution >= 4 is 0 Å². The lowest BCUT2D eigenvalue weighted by Gasteiger charge is -2.58. The molecule has 8 fully saturated rings. The molecule has 0 unspecified atom stereocenters. The van der Waals surface area contributed by atoms with E-state index in [1.54, 1.807) is 0 Å². The van der Waals surface area contributed by atoms with Crippen molar-refractivity contribution in [3.8, 4) is 0 Å². The van der Waals surface area contributed by atoms with Gasteiger partial charge in [-0.05, 0) is 118 Å². The molecule has 0 aromatic carbocycles. The highest BCUT2D eigenvalue weighted by atomic mass is 16.8. The summed E-state index contributed by atoms with van der Waals surface area (Å²) in [5, 5.41) is 85.9. The first kappa shape index (κ1) is 44.3. The lowest BCUT2D eigenvalue weighted by Crippen LogP contribution is -2.66. The molecule has 15 nitrogen and oxygen atoms in total. The molecule has 0 aromatic rings. The fraction of sp³-hybridized carbons (Fsp3) is 0.956. The number of aliphatic hydroxyl groups excluding tert-OH is 8. The summed E-state index contributed by atoms with van der Waals surface area (Å²) in [6.45, 7) is 13.7. The van der Waals surface area contributed by atoms with E-state index in [9.17, 15) is 40.9 Å². The number of allylic oxidation sites excluding steroid dienone is 1. The summed E-state index contributed by atoms with van der Waals surface area (Å²) in [6.07, 6.45) is -9.14. The molecule has 0 aromatic heterocycles. The fourth-order valence-electron chi connectivity index (χ4n) is 14.7. The number of hydrogen-bond donors (Lipinski definition) is 8. The highest BCUT2D eigenvalue weighted by Gasteiger charge is 2.66. The zero-order valence-electron chi connectivity index (χ0n) is 36.2. The maximum atomic E-state index is 12.0. The van der Waals surface area contributed by atoms with Crippen LogP contribution in [0.15, 0.2) is 11.6 Å². The molecule has 9 rings (SSSR count). The van der Waals surface area contributed by atoms with E-state index >= 15 is 0 Å². The van der Waals surface area contributed by atoms with Crippen LogP contribution in [0.1, 0.15) is 99.3 Å². The van der Waals surface area contributed by atoms with Crippen molar-refractivity contribution in [1.29, 1.82) is 0 Å². The standard InChI is InChI=1S/C45H73NO14/c1-19-7-10-28-20(2)31-29(46(28)17-19)16-27-25-9-8-23-15-24(11-13-44(23,5)26(25)12-14-45(27,31)6)57-43-40(60-42-37(53)35(51)33(49)22(4)56-42)38(54)39(30(18-47)58-43)59-41-36(52)34(50)32(48)21(3)55-41/h8,19-22,24-43,47-54H,7,9-18H2,1-6H3/t19-,20+,21-,22-,24-,25+,26-,27-,28+,29-,30+,31-,32-,33+,34+,35+,36+,37+,38-,39-,40-,41-,42-,43+,44-,45-/m1/s1. The number of ether oxygens (including phenoxy) is 6. The van der Waals surface area contributed by atoms with Crippen LogP contribution in [-0.4, -0.2) is 169 Å². The lowest BCUT2D eigenvalue weighted by molar-refractivity contribution is -0.388. The molecule has 0 radical (unpaired) electrons. The Bertz CT molecular complexity index is 1570. The smallest absolute Gasteiger partial charge is 0.187 e. The molecule has 4 aliphatic carbocycles. The predicted molar refractivity (Wildman–Crippen MR) is 214 cm³/mol. The van der Waals surface area contributed by atoms with Gasteiger partial charge in [-0.2, -0.15) is 0 Å². The van der Waals surface area contributed by atoms with Gasteiger partial charge in [0.1, 0.15) is 61.0 Å². The molecule has 9 aliphatic rings. The van der Waals surface area contributed by atoms with Crippen molar-refractivity contribution in [1.82, 2.24) is 4.90 Å². The van der Waals surface area contributed by atoms with Crippen LogP contribution in [0.2, 0.25) is 0 Å². The van der Waals surface area contributed by atoms with Crippen molar-refractivity contribution in [3.63, 3.8) is 0 Å². The van der Waals surface area contributed by atoms with Crippen LogP contribution in [0.4, 0.5) is 0 Å². The van der Waals surface area contributed by atoms with Gasteiger partial charge in [-0.3, -0.25) is 4.90 Å². The molecule has 5 aliphatic heterocycles. The second-order valence-electron chi connectivity index (χ2n) is 21.2. The van der Waals surface area contributed by atoms with Gasteiger partial charge < -0.3 is 69.3 Å².